The van der Waals surface area contributed by atoms with Gasteiger partial charge in [0.1, 0.15) is 11.8 Å². The molecule has 0 heterocycles. The van der Waals surface area contributed by atoms with Crippen molar-refractivity contribution in [3.8, 4) is 5.75 Å². The maximum absolute atomic E-state index is 11.6. The number of carbonyl (C=O) groups is 2. The van der Waals surface area contributed by atoms with Crippen LogP contribution in [0.15, 0.2) is 24.3 Å². The third-order valence-corrected chi connectivity index (χ3v) is 2.83. The second-order valence-corrected chi connectivity index (χ2v) is 4.66. The van der Waals surface area contributed by atoms with E-state index in [1.807, 2.05) is 38.1 Å². The van der Waals surface area contributed by atoms with Crippen LogP contribution in [0.25, 0.3) is 0 Å². The highest BCUT2D eigenvalue weighted by Gasteiger charge is 2.18. The number of aliphatic carboxylic acids is 1. The minimum Gasteiger partial charge on any atom is -0.493 e. The van der Waals surface area contributed by atoms with Gasteiger partial charge in [0, 0.05) is 0 Å². The van der Waals surface area contributed by atoms with Gasteiger partial charge in [-0.25, -0.2) is 4.79 Å². The van der Waals surface area contributed by atoms with Crippen LogP contribution >= 0.6 is 0 Å². The van der Waals surface area contributed by atoms with E-state index in [9.17, 15) is 9.59 Å². The molecule has 1 atom stereocenters. The van der Waals surface area contributed by atoms with Gasteiger partial charge in [0.2, 0.25) is 5.91 Å². The van der Waals surface area contributed by atoms with E-state index in [2.05, 4.69) is 5.32 Å². The van der Waals surface area contributed by atoms with Crippen molar-refractivity contribution in [2.24, 2.45) is 0 Å². The van der Waals surface area contributed by atoms with Crippen molar-refractivity contribution in [1.29, 1.82) is 0 Å². The molecule has 1 unspecified atom stereocenters. The second kappa shape index (κ2) is 8.19. The number of hydrogen-bond acceptors (Lipinski definition) is 3. The van der Waals surface area contributed by atoms with Crippen LogP contribution in [0.4, 0.5) is 0 Å². The number of ether oxygens (including phenoxy) is 1. The highest BCUT2D eigenvalue weighted by Crippen LogP contribution is 2.11. The van der Waals surface area contributed by atoms with Crippen molar-refractivity contribution >= 4 is 11.9 Å². The number of aryl methyl sites for hydroxylation is 1. The van der Waals surface area contributed by atoms with E-state index in [0.717, 1.165) is 5.56 Å². The zero-order valence-electron chi connectivity index (χ0n) is 11.9. The zero-order valence-corrected chi connectivity index (χ0v) is 11.9. The molecule has 0 aliphatic carbocycles. The van der Waals surface area contributed by atoms with Gasteiger partial charge in [0.05, 0.1) is 13.0 Å². The summed E-state index contributed by atoms with van der Waals surface area (Å²) >= 11 is 0. The number of carboxylic acid groups (broad SMARTS) is 1. The minimum atomic E-state index is -1.00. The Hall–Kier alpha value is -2.04. The first-order chi connectivity index (χ1) is 9.52. The summed E-state index contributed by atoms with van der Waals surface area (Å²) in [7, 11) is 0. The average molecular weight is 279 g/mol. The van der Waals surface area contributed by atoms with Crippen LogP contribution in [0.1, 0.15) is 31.7 Å². The summed E-state index contributed by atoms with van der Waals surface area (Å²) in [5, 5.41) is 11.4. The number of carbonyl (C=O) groups excluding carboxylic acids is 1. The van der Waals surface area contributed by atoms with Gasteiger partial charge < -0.3 is 15.2 Å². The molecule has 0 saturated carbocycles. The molecule has 0 aromatic heterocycles. The fourth-order valence-corrected chi connectivity index (χ4v) is 1.71. The van der Waals surface area contributed by atoms with Crippen molar-refractivity contribution in [1.82, 2.24) is 5.32 Å². The van der Waals surface area contributed by atoms with E-state index in [-0.39, 0.29) is 18.9 Å². The summed E-state index contributed by atoms with van der Waals surface area (Å²) in [6.45, 7) is 4.09. The minimum absolute atomic E-state index is 0.140. The number of rotatable bonds is 8. The maximum atomic E-state index is 11.6. The molecule has 20 heavy (non-hydrogen) atoms. The number of nitrogens with one attached hydrogen (secondary N) is 1. The Morgan fingerprint density at radius 3 is 2.50 bits per heavy atom. The maximum Gasteiger partial charge on any atom is 0.326 e. The van der Waals surface area contributed by atoms with E-state index in [0.29, 0.717) is 18.6 Å². The zero-order chi connectivity index (χ0) is 15.0. The SMILES string of the molecule is CCCC(NC(=O)CCOc1ccc(C)cc1)C(=O)O. The number of amides is 1. The molecule has 1 amide bonds. The second-order valence-electron chi connectivity index (χ2n) is 4.66. The molecule has 0 fully saturated rings. The highest BCUT2D eigenvalue weighted by atomic mass is 16.5. The van der Waals surface area contributed by atoms with E-state index in [1.54, 1.807) is 0 Å². The lowest BCUT2D eigenvalue weighted by Gasteiger charge is -2.13. The lowest BCUT2D eigenvalue weighted by molar-refractivity contribution is -0.142. The topological polar surface area (TPSA) is 75.6 Å². The van der Waals surface area contributed by atoms with Crippen molar-refractivity contribution in [3.63, 3.8) is 0 Å². The Morgan fingerprint density at radius 2 is 1.95 bits per heavy atom. The van der Waals surface area contributed by atoms with Crippen LogP contribution in [-0.4, -0.2) is 29.6 Å². The largest absolute Gasteiger partial charge is 0.493 e. The summed E-state index contributed by atoms with van der Waals surface area (Å²) in [4.78, 5) is 22.5. The molecule has 0 bridgehead atoms. The molecule has 2 N–H and O–H groups in total. The van der Waals surface area contributed by atoms with Crippen LogP contribution < -0.4 is 10.1 Å². The van der Waals surface area contributed by atoms with Gasteiger partial charge in [-0.1, -0.05) is 31.0 Å². The van der Waals surface area contributed by atoms with E-state index < -0.39 is 12.0 Å². The quantitative estimate of drug-likeness (QED) is 0.764. The standard InChI is InChI=1S/C15H21NO4/c1-3-4-13(15(18)19)16-14(17)9-10-20-12-7-5-11(2)6-8-12/h5-8,13H,3-4,9-10H2,1-2H3,(H,16,17)(H,18,19). The fourth-order valence-electron chi connectivity index (χ4n) is 1.71. The normalized spacial score (nSPS) is 11.7. The summed E-state index contributed by atoms with van der Waals surface area (Å²) in [5.41, 5.74) is 1.14. The summed E-state index contributed by atoms with van der Waals surface area (Å²) in [5.74, 6) is -0.607. The van der Waals surface area contributed by atoms with E-state index in [1.165, 1.54) is 0 Å². The predicted molar refractivity (Wildman–Crippen MR) is 75.8 cm³/mol. The molecule has 0 saturated heterocycles. The van der Waals surface area contributed by atoms with Crippen molar-refractivity contribution in [2.75, 3.05) is 6.61 Å². The van der Waals surface area contributed by atoms with Crippen LogP contribution in [0.3, 0.4) is 0 Å². The third-order valence-electron chi connectivity index (χ3n) is 2.83. The highest BCUT2D eigenvalue weighted by molar-refractivity contribution is 5.83. The molecule has 1 aromatic carbocycles. The van der Waals surface area contributed by atoms with Gasteiger partial charge in [-0.15, -0.1) is 0 Å². The lowest BCUT2D eigenvalue weighted by atomic mass is 10.1. The van der Waals surface area contributed by atoms with Gasteiger partial charge >= 0.3 is 5.97 Å². The summed E-state index contributed by atoms with van der Waals surface area (Å²) in [6.07, 6.45) is 1.28. The Kier molecular flexibility index (Phi) is 6.56. The third kappa shape index (κ3) is 5.73. The molecule has 1 rings (SSSR count). The Balaban J connectivity index is 2.32. The average Bonchev–Trinajstić information content (AvgIpc) is 2.40. The molecule has 0 spiro atoms. The Labute approximate surface area is 118 Å². The van der Waals surface area contributed by atoms with E-state index in [4.69, 9.17) is 9.84 Å². The molecule has 0 aliphatic heterocycles. The van der Waals surface area contributed by atoms with Crippen molar-refractivity contribution in [2.45, 2.75) is 39.2 Å². The van der Waals surface area contributed by atoms with Crippen LogP contribution in [-0.2, 0) is 9.59 Å². The van der Waals surface area contributed by atoms with Gasteiger partial charge in [-0.05, 0) is 25.5 Å². The lowest BCUT2D eigenvalue weighted by Crippen LogP contribution is -2.41. The van der Waals surface area contributed by atoms with Gasteiger partial charge in [0.25, 0.3) is 0 Å². The molecular weight excluding hydrogens is 258 g/mol. The van der Waals surface area contributed by atoms with Crippen molar-refractivity contribution < 1.29 is 19.4 Å². The van der Waals surface area contributed by atoms with Gasteiger partial charge in [0.15, 0.2) is 0 Å². The molecule has 5 nitrogen and oxygen atoms in total. The van der Waals surface area contributed by atoms with E-state index >= 15 is 0 Å². The van der Waals surface area contributed by atoms with Gasteiger partial charge in [-0.2, -0.15) is 0 Å². The van der Waals surface area contributed by atoms with Crippen molar-refractivity contribution in [3.05, 3.63) is 29.8 Å². The van der Waals surface area contributed by atoms with Crippen LogP contribution in [0.2, 0.25) is 0 Å². The summed E-state index contributed by atoms with van der Waals surface area (Å²) < 4.78 is 5.43. The number of benzene rings is 1. The van der Waals surface area contributed by atoms with Crippen LogP contribution in [0.5, 0.6) is 5.75 Å². The Bertz CT molecular complexity index is 442. The molecule has 0 aliphatic rings. The molecule has 1 aromatic rings. The molecule has 110 valence electrons. The molecular formula is C15H21NO4. The predicted octanol–water partition coefficient (Wildman–Crippen LogP) is 2.13. The first kappa shape index (κ1) is 16.0. The number of carboxylic acids is 1. The van der Waals surface area contributed by atoms with Crippen LogP contribution in [0, 0.1) is 6.92 Å². The molecule has 5 heteroatoms. The molecule has 0 radical (unpaired) electrons. The fraction of sp³-hybridized carbons (Fsp3) is 0.467. The Morgan fingerprint density at radius 1 is 1.30 bits per heavy atom. The first-order valence-electron chi connectivity index (χ1n) is 6.74. The van der Waals surface area contributed by atoms with Gasteiger partial charge in [-0.3, -0.25) is 4.79 Å². The first-order valence-corrected chi connectivity index (χ1v) is 6.74. The number of hydrogen-bond donors (Lipinski definition) is 2. The summed E-state index contributed by atoms with van der Waals surface area (Å²) in [6, 6.07) is 6.72. The smallest absolute Gasteiger partial charge is 0.326 e. The monoisotopic (exact) mass is 279 g/mol.